The molecule has 1 aromatic carbocycles. The minimum atomic E-state index is -0.351. The number of hydrogen-bond donors (Lipinski definition) is 1. The van der Waals surface area contributed by atoms with Gasteiger partial charge in [-0.25, -0.2) is 4.79 Å². The maximum Gasteiger partial charge on any atom is 0.318 e. The van der Waals surface area contributed by atoms with Crippen LogP contribution in [-0.4, -0.2) is 46.4 Å². The van der Waals surface area contributed by atoms with Gasteiger partial charge < -0.3 is 15.1 Å². The van der Waals surface area contributed by atoms with Crippen LogP contribution in [0, 0.1) is 0 Å². The Bertz CT molecular complexity index is 855. The van der Waals surface area contributed by atoms with Gasteiger partial charge in [-0.1, -0.05) is 30.3 Å². The second kappa shape index (κ2) is 8.57. The third-order valence-electron chi connectivity index (χ3n) is 5.07. The van der Waals surface area contributed by atoms with E-state index in [1.54, 1.807) is 16.2 Å². The summed E-state index contributed by atoms with van der Waals surface area (Å²) in [6.07, 6.45) is 0.859. The molecule has 0 bridgehead atoms. The van der Waals surface area contributed by atoms with Crippen molar-refractivity contribution in [2.24, 2.45) is 0 Å². The summed E-state index contributed by atoms with van der Waals surface area (Å²) in [5, 5.41) is 5.08. The van der Waals surface area contributed by atoms with Crippen LogP contribution in [0.5, 0.6) is 0 Å². The molecule has 1 aromatic heterocycles. The molecule has 2 aromatic rings. The molecular weight excluding hydrogens is 382 g/mol. The highest BCUT2D eigenvalue weighted by atomic mass is 32.1. The van der Waals surface area contributed by atoms with Crippen LogP contribution < -0.4 is 5.32 Å². The van der Waals surface area contributed by atoms with Crippen LogP contribution in [0.15, 0.2) is 41.8 Å². The molecule has 0 radical (unpaired) electrons. The Hall–Kier alpha value is -2.34. The molecule has 3 rings (SSSR count). The molecule has 5 nitrogen and oxygen atoms in total. The number of hydrogen-bond acceptors (Lipinski definition) is 3. The average molecular weight is 414 g/mol. The minimum Gasteiger partial charge on any atom is -0.333 e. The van der Waals surface area contributed by atoms with Gasteiger partial charge in [0.25, 0.3) is 0 Å². The van der Waals surface area contributed by atoms with Gasteiger partial charge in [-0.05, 0) is 63.6 Å². The summed E-state index contributed by atoms with van der Waals surface area (Å²) in [4.78, 5) is 31.1. The monoisotopic (exact) mass is 413 g/mol. The van der Waals surface area contributed by atoms with Gasteiger partial charge in [0.1, 0.15) is 6.54 Å². The SMILES string of the molecule is CC(C)N(CC(=O)N1CCc2sccc2C1c1ccccc1)C(=O)NC(C)(C)C. The number of nitrogens with zero attached hydrogens (tertiary/aromatic N) is 2. The van der Waals surface area contributed by atoms with E-state index >= 15 is 0 Å². The number of nitrogens with one attached hydrogen (secondary N) is 1. The zero-order chi connectivity index (χ0) is 21.2. The van der Waals surface area contributed by atoms with E-state index in [0.29, 0.717) is 6.54 Å². The molecule has 3 amide bonds. The fourth-order valence-electron chi connectivity index (χ4n) is 3.70. The summed E-state index contributed by atoms with van der Waals surface area (Å²) in [6.45, 7) is 10.5. The van der Waals surface area contributed by atoms with E-state index in [0.717, 1.165) is 12.0 Å². The van der Waals surface area contributed by atoms with Gasteiger partial charge in [0.15, 0.2) is 0 Å². The predicted octanol–water partition coefficient (Wildman–Crippen LogP) is 4.44. The van der Waals surface area contributed by atoms with Crippen molar-refractivity contribution >= 4 is 23.3 Å². The maximum atomic E-state index is 13.4. The van der Waals surface area contributed by atoms with Crippen molar-refractivity contribution in [1.29, 1.82) is 0 Å². The van der Waals surface area contributed by atoms with Crippen LogP contribution in [0.25, 0.3) is 0 Å². The third kappa shape index (κ3) is 4.99. The number of fused-ring (bicyclic) bond motifs is 1. The molecule has 1 aliphatic heterocycles. The number of carbonyl (C=O) groups excluding carboxylic acids is 2. The van der Waals surface area contributed by atoms with Crippen molar-refractivity contribution in [3.8, 4) is 0 Å². The fourth-order valence-corrected chi connectivity index (χ4v) is 4.60. The molecule has 0 saturated heterocycles. The Balaban J connectivity index is 1.85. The quantitative estimate of drug-likeness (QED) is 0.806. The Kier molecular flexibility index (Phi) is 6.32. The highest BCUT2D eigenvalue weighted by Crippen LogP contribution is 2.37. The predicted molar refractivity (Wildman–Crippen MR) is 118 cm³/mol. The summed E-state index contributed by atoms with van der Waals surface area (Å²) in [5.41, 5.74) is 1.96. The van der Waals surface area contributed by atoms with Crippen molar-refractivity contribution < 1.29 is 9.59 Å². The Morgan fingerprint density at radius 2 is 1.90 bits per heavy atom. The first-order valence-corrected chi connectivity index (χ1v) is 11.0. The van der Waals surface area contributed by atoms with Crippen LogP contribution in [0.3, 0.4) is 0 Å². The summed E-state index contributed by atoms with van der Waals surface area (Å²) >= 11 is 1.76. The molecule has 1 N–H and O–H groups in total. The zero-order valence-electron chi connectivity index (χ0n) is 17.9. The van der Waals surface area contributed by atoms with Gasteiger partial charge in [-0.3, -0.25) is 4.79 Å². The molecule has 1 atom stereocenters. The molecule has 29 heavy (non-hydrogen) atoms. The summed E-state index contributed by atoms with van der Waals surface area (Å²) in [6, 6.07) is 11.9. The molecular formula is C23H31N3O2S. The number of rotatable bonds is 4. The van der Waals surface area contributed by atoms with E-state index in [1.165, 1.54) is 10.4 Å². The molecule has 156 valence electrons. The first-order chi connectivity index (χ1) is 13.7. The lowest BCUT2D eigenvalue weighted by molar-refractivity contribution is -0.134. The smallest absolute Gasteiger partial charge is 0.318 e. The molecule has 0 fully saturated rings. The Morgan fingerprint density at radius 3 is 2.52 bits per heavy atom. The molecule has 1 unspecified atom stereocenters. The lowest BCUT2D eigenvalue weighted by Crippen LogP contribution is -2.54. The van der Waals surface area contributed by atoms with E-state index in [1.807, 2.05) is 57.7 Å². The zero-order valence-corrected chi connectivity index (χ0v) is 18.8. The summed E-state index contributed by atoms with van der Waals surface area (Å²) in [7, 11) is 0. The number of urea groups is 1. The van der Waals surface area contributed by atoms with Gasteiger partial charge in [0.2, 0.25) is 5.91 Å². The fraction of sp³-hybridized carbons (Fsp3) is 0.478. The third-order valence-corrected chi connectivity index (χ3v) is 6.07. The Morgan fingerprint density at radius 1 is 1.21 bits per heavy atom. The van der Waals surface area contributed by atoms with Gasteiger partial charge in [0.05, 0.1) is 6.04 Å². The van der Waals surface area contributed by atoms with E-state index in [2.05, 4.69) is 28.9 Å². The van der Waals surface area contributed by atoms with Crippen molar-refractivity contribution in [3.63, 3.8) is 0 Å². The van der Waals surface area contributed by atoms with Crippen molar-refractivity contribution in [2.45, 2.75) is 58.7 Å². The van der Waals surface area contributed by atoms with E-state index in [-0.39, 0.29) is 36.1 Å². The van der Waals surface area contributed by atoms with Crippen LogP contribution in [0.4, 0.5) is 4.79 Å². The maximum absolute atomic E-state index is 13.4. The second-order valence-corrected chi connectivity index (χ2v) is 9.85. The first kappa shape index (κ1) is 21.4. The molecule has 6 heteroatoms. The molecule has 0 aliphatic carbocycles. The largest absolute Gasteiger partial charge is 0.333 e. The van der Waals surface area contributed by atoms with Gasteiger partial charge >= 0.3 is 6.03 Å². The van der Waals surface area contributed by atoms with Crippen molar-refractivity contribution in [3.05, 3.63) is 57.8 Å². The van der Waals surface area contributed by atoms with Crippen LogP contribution in [0.1, 0.15) is 56.7 Å². The molecule has 1 aliphatic rings. The number of benzene rings is 1. The van der Waals surface area contributed by atoms with E-state index in [4.69, 9.17) is 0 Å². The van der Waals surface area contributed by atoms with Gasteiger partial charge in [-0.15, -0.1) is 11.3 Å². The van der Waals surface area contributed by atoms with Crippen LogP contribution in [0.2, 0.25) is 0 Å². The lowest BCUT2D eigenvalue weighted by atomic mass is 9.93. The normalized spacial score (nSPS) is 16.5. The average Bonchev–Trinajstić information content (AvgIpc) is 3.12. The van der Waals surface area contributed by atoms with Gasteiger partial charge in [-0.2, -0.15) is 0 Å². The standard InChI is InChI=1S/C23H31N3O2S/c1-16(2)26(22(28)24-23(3,4)5)15-20(27)25-13-11-19-18(12-14-29-19)21(25)17-9-7-6-8-10-17/h6-10,12,14,16,21H,11,13,15H2,1-5H3,(H,24,28). The first-order valence-electron chi connectivity index (χ1n) is 10.2. The molecule has 2 heterocycles. The van der Waals surface area contributed by atoms with E-state index < -0.39 is 0 Å². The topological polar surface area (TPSA) is 52.7 Å². The molecule has 0 spiro atoms. The number of thiophene rings is 1. The number of carbonyl (C=O) groups is 2. The van der Waals surface area contributed by atoms with Crippen molar-refractivity contribution in [2.75, 3.05) is 13.1 Å². The van der Waals surface area contributed by atoms with E-state index in [9.17, 15) is 9.59 Å². The Labute approximate surface area is 177 Å². The summed E-state index contributed by atoms with van der Waals surface area (Å²) < 4.78 is 0. The highest BCUT2D eigenvalue weighted by Gasteiger charge is 2.34. The molecule has 0 saturated carbocycles. The second-order valence-electron chi connectivity index (χ2n) is 8.85. The number of amides is 3. The van der Waals surface area contributed by atoms with Crippen LogP contribution in [-0.2, 0) is 11.2 Å². The van der Waals surface area contributed by atoms with Crippen molar-refractivity contribution in [1.82, 2.24) is 15.1 Å². The van der Waals surface area contributed by atoms with Gasteiger partial charge in [0, 0.05) is 23.0 Å². The van der Waals surface area contributed by atoms with Crippen LogP contribution >= 0.6 is 11.3 Å². The summed E-state index contributed by atoms with van der Waals surface area (Å²) in [5.74, 6) is -0.0199. The minimum absolute atomic E-state index is 0.0199. The lowest BCUT2D eigenvalue weighted by Gasteiger charge is -2.38. The highest BCUT2D eigenvalue weighted by molar-refractivity contribution is 7.10.